The maximum atomic E-state index is 11.6. The van der Waals surface area contributed by atoms with E-state index in [2.05, 4.69) is 0 Å². The van der Waals surface area contributed by atoms with Crippen LogP contribution in [0.2, 0.25) is 0 Å². The van der Waals surface area contributed by atoms with Crippen LogP contribution in [0.4, 0.5) is 0 Å². The summed E-state index contributed by atoms with van der Waals surface area (Å²) in [6.07, 6.45) is 0.709. The highest BCUT2D eigenvalue weighted by atomic mass is 16.5. The van der Waals surface area contributed by atoms with Gasteiger partial charge in [0.2, 0.25) is 0 Å². The number of ether oxygens (including phenoxy) is 1. The lowest BCUT2D eigenvalue weighted by atomic mass is 10.2. The number of pyridine rings is 1. The van der Waals surface area contributed by atoms with Crippen LogP contribution in [0.5, 0.6) is 5.75 Å². The molecule has 2 rings (SSSR count). The van der Waals surface area contributed by atoms with Crippen LogP contribution < -0.4 is 10.3 Å². The number of carbonyl (C=O) groups excluding carboxylic acids is 1. The van der Waals surface area contributed by atoms with Crippen LogP contribution in [0.1, 0.15) is 0 Å². The number of hydrogen-bond acceptors (Lipinski definition) is 3. The third-order valence-corrected chi connectivity index (χ3v) is 2.47. The summed E-state index contributed by atoms with van der Waals surface area (Å²) in [4.78, 5) is 22.1. The number of aromatic nitrogens is 1. The molecule has 0 aliphatic rings. The Bertz CT molecular complexity index is 586. The topological polar surface area (TPSA) is 48.3 Å². The van der Waals surface area contributed by atoms with Crippen molar-refractivity contribution in [3.05, 3.63) is 40.7 Å². The quantitative estimate of drug-likeness (QED) is 0.726. The molecule has 4 heteroatoms. The van der Waals surface area contributed by atoms with Crippen molar-refractivity contribution in [2.45, 2.75) is 6.54 Å². The molecular formula is C12H11NO3. The Hall–Kier alpha value is -2.10. The number of nitrogens with zero attached hydrogens (tertiary/aromatic N) is 1. The molecule has 0 saturated heterocycles. The summed E-state index contributed by atoms with van der Waals surface area (Å²) in [5.41, 5.74) is 0.520. The third kappa shape index (κ3) is 1.58. The van der Waals surface area contributed by atoms with E-state index in [-0.39, 0.29) is 12.1 Å². The van der Waals surface area contributed by atoms with Crippen LogP contribution in [-0.4, -0.2) is 18.0 Å². The monoisotopic (exact) mass is 217 g/mol. The van der Waals surface area contributed by atoms with E-state index in [1.165, 1.54) is 10.6 Å². The second-order valence-corrected chi connectivity index (χ2v) is 3.34. The van der Waals surface area contributed by atoms with Gasteiger partial charge in [-0.2, -0.15) is 0 Å². The minimum Gasteiger partial charge on any atom is -0.496 e. The fourth-order valence-corrected chi connectivity index (χ4v) is 1.74. The van der Waals surface area contributed by atoms with Crippen LogP contribution in [-0.2, 0) is 11.3 Å². The van der Waals surface area contributed by atoms with Crippen molar-refractivity contribution in [1.82, 2.24) is 4.57 Å². The lowest BCUT2D eigenvalue weighted by Crippen LogP contribution is -2.19. The molecule has 0 unspecified atom stereocenters. The first kappa shape index (κ1) is 10.4. The van der Waals surface area contributed by atoms with Crippen molar-refractivity contribution in [2.24, 2.45) is 0 Å². The molecule has 16 heavy (non-hydrogen) atoms. The molecular weight excluding hydrogens is 206 g/mol. The predicted octanol–water partition coefficient (Wildman–Crippen LogP) is 1.21. The van der Waals surface area contributed by atoms with Crippen molar-refractivity contribution in [2.75, 3.05) is 7.11 Å². The van der Waals surface area contributed by atoms with E-state index in [0.29, 0.717) is 17.6 Å². The molecule has 0 aliphatic heterocycles. The van der Waals surface area contributed by atoms with E-state index in [1.54, 1.807) is 25.3 Å². The fraction of sp³-hybridized carbons (Fsp3) is 0.167. The minimum absolute atomic E-state index is 0.0589. The Balaban J connectivity index is 2.83. The van der Waals surface area contributed by atoms with E-state index in [4.69, 9.17) is 4.74 Å². The smallest absolute Gasteiger partial charge is 0.251 e. The summed E-state index contributed by atoms with van der Waals surface area (Å²) >= 11 is 0. The van der Waals surface area contributed by atoms with Gasteiger partial charge in [-0.3, -0.25) is 4.79 Å². The summed E-state index contributed by atoms with van der Waals surface area (Å²) < 4.78 is 6.62. The molecule has 0 N–H and O–H groups in total. The molecule has 82 valence electrons. The van der Waals surface area contributed by atoms with Crippen LogP contribution >= 0.6 is 0 Å². The Morgan fingerprint density at radius 2 is 2.12 bits per heavy atom. The molecule has 1 aromatic carbocycles. The SMILES string of the molecule is COc1cccc2c1ccc(=O)n2CC=O. The number of benzene rings is 1. The van der Waals surface area contributed by atoms with Crippen LogP contribution in [0.3, 0.4) is 0 Å². The van der Waals surface area contributed by atoms with E-state index < -0.39 is 0 Å². The average Bonchev–Trinajstić information content (AvgIpc) is 2.32. The fourth-order valence-electron chi connectivity index (χ4n) is 1.74. The molecule has 1 aromatic heterocycles. The van der Waals surface area contributed by atoms with Gasteiger partial charge in [-0.15, -0.1) is 0 Å². The Labute approximate surface area is 92.1 Å². The van der Waals surface area contributed by atoms with Gasteiger partial charge in [-0.05, 0) is 18.2 Å². The molecule has 0 fully saturated rings. The zero-order valence-electron chi connectivity index (χ0n) is 8.84. The third-order valence-electron chi connectivity index (χ3n) is 2.47. The highest BCUT2D eigenvalue weighted by molar-refractivity contribution is 5.85. The summed E-state index contributed by atoms with van der Waals surface area (Å²) in [6.45, 7) is 0.0589. The number of rotatable bonds is 3. The van der Waals surface area contributed by atoms with Crippen molar-refractivity contribution < 1.29 is 9.53 Å². The standard InChI is InChI=1S/C12H11NO3/c1-16-11-4-2-3-10-9(11)5-6-12(15)13(10)7-8-14/h2-6,8H,7H2,1H3. The summed E-state index contributed by atoms with van der Waals surface area (Å²) in [6, 6.07) is 8.55. The lowest BCUT2D eigenvalue weighted by molar-refractivity contribution is -0.108. The van der Waals surface area contributed by atoms with E-state index >= 15 is 0 Å². The lowest BCUT2D eigenvalue weighted by Gasteiger charge is -2.09. The van der Waals surface area contributed by atoms with Gasteiger partial charge < -0.3 is 14.1 Å². The zero-order chi connectivity index (χ0) is 11.5. The Morgan fingerprint density at radius 1 is 1.31 bits per heavy atom. The van der Waals surface area contributed by atoms with Gasteiger partial charge in [0.15, 0.2) is 0 Å². The maximum Gasteiger partial charge on any atom is 0.251 e. The number of hydrogen-bond donors (Lipinski definition) is 0. The van der Waals surface area contributed by atoms with Gasteiger partial charge in [-0.25, -0.2) is 0 Å². The average molecular weight is 217 g/mol. The molecule has 1 heterocycles. The van der Waals surface area contributed by atoms with Gasteiger partial charge in [0.1, 0.15) is 12.0 Å². The molecule has 0 amide bonds. The second-order valence-electron chi connectivity index (χ2n) is 3.34. The largest absolute Gasteiger partial charge is 0.496 e. The highest BCUT2D eigenvalue weighted by Crippen LogP contribution is 2.23. The highest BCUT2D eigenvalue weighted by Gasteiger charge is 2.05. The van der Waals surface area contributed by atoms with E-state index in [0.717, 1.165) is 5.39 Å². The first-order valence-electron chi connectivity index (χ1n) is 4.88. The number of aldehydes is 1. The summed E-state index contributed by atoms with van der Waals surface area (Å²) in [5.74, 6) is 0.692. The van der Waals surface area contributed by atoms with E-state index in [9.17, 15) is 9.59 Å². The van der Waals surface area contributed by atoms with Gasteiger partial charge in [0.05, 0.1) is 19.2 Å². The molecule has 0 spiro atoms. The van der Waals surface area contributed by atoms with Crippen molar-refractivity contribution in [3.8, 4) is 5.75 Å². The van der Waals surface area contributed by atoms with Crippen molar-refractivity contribution in [1.29, 1.82) is 0 Å². The van der Waals surface area contributed by atoms with Gasteiger partial charge in [-0.1, -0.05) is 6.07 Å². The van der Waals surface area contributed by atoms with Gasteiger partial charge >= 0.3 is 0 Å². The Kier molecular flexibility index (Phi) is 2.72. The molecule has 0 aliphatic carbocycles. The van der Waals surface area contributed by atoms with E-state index in [1.807, 2.05) is 6.07 Å². The first-order valence-corrected chi connectivity index (χ1v) is 4.88. The molecule has 0 radical (unpaired) electrons. The number of carbonyl (C=O) groups is 1. The molecule has 0 bridgehead atoms. The predicted molar refractivity (Wildman–Crippen MR) is 60.8 cm³/mol. The molecule has 4 nitrogen and oxygen atoms in total. The van der Waals surface area contributed by atoms with Crippen molar-refractivity contribution in [3.63, 3.8) is 0 Å². The van der Waals surface area contributed by atoms with Gasteiger partial charge in [0.25, 0.3) is 5.56 Å². The first-order chi connectivity index (χ1) is 7.77. The molecule has 2 aromatic rings. The van der Waals surface area contributed by atoms with Crippen LogP contribution in [0.15, 0.2) is 35.1 Å². The summed E-state index contributed by atoms with van der Waals surface area (Å²) in [7, 11) is 1.57. The van der Waals surface area contributed by atoms with Gasteiger partial charge in [0, 0.05) is 11.5 Å². The molecule has 0 atom stereocenters. The molecule has 0 saturated carbocycles. The zero-order valence-corrected chi connectivity index (χ0v) is 8.84. The maximum absolute atomic E-state index is 11.6. The van der Waals surface area contributed by atoms with Crippen molar-refractivity contribution >= 4 is 17.2 Å². The normalized spacial score (nSPS) is 10.3. The number of methoxy groups -OCH3 is 1. The minimum atomic E-state index is -0.187. The van der Waals surface area contributed by atoms with Crippen LogP contribution in [0, 0.1) is 0 Å². The Morgan fingerprint density at radius 3 is 2.81 bits per heavy atom. The second kappa shape index (κ2) is 4.18. The van der Waals surface area contributed by atoms with Crippen LogP contribution in [0.25, 0.3) is 10.9 Å². The summed E-state index contributed by atoms with van der Waals surface area (Å²) in [5, 5.41) is 0.825. The number of fused-ring (bicyclic) bond motifs is 1.